The van der Waals surface area contributed by atoms with E-state index in [9.17, 15) is 4.79 Å². The second kappa shape index (κ2) is 6.33. The second-order valence-corrected chi connectivity index (χ2v) is 6.49. The molecule has 3 heterocycles. The van der Waals surface area contributed by atoms with Gasteiger partial charge in [-0.15, -0.1) is 0 Å². The van der Waals surface area contributed by atoms with Crippen LogP contribution in [0.5, 0.6) is 0 Å². The average Bonchev–Trinajstić information content (AvgIpc) is 3.05. The number of furan rings is 1. The lowest BCUT2D eigenvalue weighted by atomic mass is 10.1. The fraction of sp³-hybridized carbons (Fsp3) is 0.300. The Morgan fingerprint density at radius 3 is 2.80 bits per heavy atom. The van der Waals surface area contributed by atoms with Gasteiger partial charge in [0.2, 0.25) is 0 Å². The first-order valence-electron chi connectivity index (χ1n) is 8.46. The summed E-state index contributed by atoms with van der Waals surface area (Å²) in [5.74, 6) is 0.209. The van der Waals surface area contributed by atoms with Gasteiger partial charge in [-0.25, -0.2) is 4.98 Å². The van der Waals surface area contributed by atoms with Crippen LogP contribution in [-0.4, -0.2) is 35.0 Å². The summed E-state index contributed by atoms with van der Waals surface area (Å²) < 4.78 is 11.7. The van der Waals surface area contributed by atoms with E-state index < -0.39 is 0 Å². The van der Waals surface area contributed by atoms with E-state index >= 15 is 0 Å². The molecule has 0 aliphatic carbocycles. The number of benzene rings is 1. The molecule has 0 N–H and O–H groups in total. The quantitative estimate of drug-likeness (QED) is 0.715. The lowest BCUT2D eigenvalue weighted by Crippen LogP contribution is -2.48. The normalized spacial score (nSPS) is 20.8. The molecule has 0 radical (unpaired) electrons. The zero-order valence-electron chi connectivity index (χ0n) is 14.3. The van der Waals surface area contributed by atoms with Crippen LogP contribution in [0.15, 0.2) is 52.9 Å². The molecule has 0 spiro atoms. The van der Waals surface area contributed by atoms with Gasteiger partial charge in [0.15, 0.2) is 11.3 Å². The molecule has 1 fully saturated rings. The SMILES string of the molecule is Cc1ccc2oc(C(=O)N3CC(c4ccccc4)OCC3C)cc2n1. The number of fused-ring (bicyclic) bond motifs is 1. The average molecular weight is 336 g/mol. The number of ether oxygens (including phenoxy) is 1. The van der Waals surface area contributed by atoms with Crippen molar-refractivity contribution in [2.45, 2.75) is 26.0 Å². The highest BCUT2D eigenvalue weighted by molar-refractivity contribution is 5.95. The fourth-order valence-corrected chi connectivity index (χ4v) is 3.18. The Bertz CT molecular complexity index is 904. The minimum absolute atomic E-state index is 0.00429. The number of aromatic nitrogens is 1. The molecular weight excluding hydrogens is 316 g/mol. The predicted molar refractivity (Wildman–Crippen MR) is 94.4 cm³/mol. The van der Waals surface area contributed by atoms with Crippen LogP contribution in [0.3, 0.4) is 0 Å². The third-order valence-corrected chi connectivity index (χ3v) is 4.59. The van der Waals surface area contributed by atoms with E-state index in [1.807, 2.05) is 61.2 Å². The zero-order chi connectivity index (χ0) is 17.4. The van der Waals surface area contributed by atoms with Crippen molar-refractivity contribution in [2.75, 3.05) is 13.2 Å². The van der Waals surface area contributed by atoms with Crippen LogP contribution in [0.2, 0.25) is 0 Å². The van der Waals surface area contributed by atoms with Gasteiger partial charge < -0.3 is 14.1 Å². The van der Waals surface area contributed by atoms with Crippen molar-refractivity contribution < 1.29 is 13.9 Å². The first-order chi connectivity index (χ1) is 12.1. The largest absolute Gasteiger partial charge is 0.449 e. The van der Waals surface area contributed by atoms with Crippen molar-refractivity contribution in [2.24, 2.45) is 0 Å². The van der Waals surface area contributed by atoms with E-state index in [0.29, 0.717) is 30.0 Å². The van der Waals surface area contributed by atoms with E-state index in [-0.39, 0.29) is 18.1 Å². The summed E-state index contributed by atoms with van der Waals surface area (Å²) in [6, 6.07) is 15.4. The molecule has 1 saturated heterocycles. The molecule has 2 aromatic heterocycles. The summed E-state index contributed by atoms with van der Waals surface area (Å²) in [7, 11) is 0. The number of pyridine rings is 1. The number of carbonyl (C=O) groups excluding carboxylic acids is 1. The number of amides is 1. The first kappa shape index (κ1) is 15.8. The Morgan fingerprint density at radius 2 is 2.00 bits per heavy atom. The molecule has 0 bridgehead atoms. The number of morpholine rings is 1. The summed E-state index contributed by atoms with van der Waals surface area (Å²) in [5.41, 5.74) is 3.32. The van der Waals surface area contributed by atoms with Gasteiger partial charge in [-0.05, 0) is 31.5 Å². The molecule has 5 nitrogen and oxygen atoms in total. The maximum Gasteiger partial charge on any atom is 0.290 e. The molecule has 2 unspecified atom stereocenters. The minimum atomic E-state index is -0.119. The van der Waals surface area contributed by atoms with Gasteiger partial charge >= 0.3 is 0 Å². The van der Waals surface area contributed by atoms with Crippen LogP contribution in [0.1, 0.15) is 34.8 Å². The molecule has 2 atom stereocenters. The number of rotatable bonds is 2. The van der Waals surface area contributed by atoms with Crippen LogP contribution < -0.4 is 0 Å². The van der Waals surface area contributed by atoms with Gasteiger partial charge in [-0.3, -0.25) is 4.79 Å². The summed E-state index contributed by atoms with van der Waals surface area (Å²) in [6.07, 6.45) is -0.119. The molecule has 3 aromatic rings. The van der Waals surface area contributed by atoms with Gasteiger partial charge in [-0.2, -0.15) is 0 Å². The van der Waals surface area contributed by atoms with E-state index in [1.54, 1.807) is 6.07 Å². The number of aryl methyl sites for hydroxylation is 1. The molecule has 0 saturated carbocycles. The first-order valence-corrected chi connectivity index (χ1v) is 8.46. The third kappa shape index (κ3) is 3.03. The van der Waals surface area contributed by atoms with Crippen LogP contribution in [-0.2, 0) is 4.74 Å². The van der Waals surface area contributed by atoms with E-state index in [0.717, 1.165) is 11.3 Å². The lowest BCUT2D eigenvalue weighted by molar-refractivity contribution is -0.0494. The van der Waals surface area contributed by atoms with Gasteiger partial charge in [-0.1, -0.05) is 30.3 Å². The number of hydrogen-bond donors (Lipinski definition) is 0. The highest BCUT2D eigenvalue weighted by Gasteiger charge is 2.32. The topological polar surface area (TPSA) is 55.6 Å². The second-order valence-electron chi connectivity index (χ2n) is 6.49. The van der Waals surface area contributed by atoms with Crippen LogP contribution in [0.25, 0.3) is 11.1 Å². The Morgan fingerprint density at radius 1 is 1.20 bits per heavy atom. The van der Waals surface area contributed by atoms with E-state index in [4.69, 9.17) is 9.15 Å². The highest BCUT2D eigenvalue weighted by Crippen LogP contribution is 2.27. The summed E-state index contributed by atoms with van der Waals surface area (Å²) >= 11 is 0. The maximum absolute atomic E-state index is 13.0. The molecule has 1 amide bonds. The van der Waals surface area contributed by atoms with E-state index in [1.165, 1.54) is 0 Å². The summed E-state index contributed by atoms with van der Waals surface area (Å²) in [5, 5.41) is 0. The van der Waals surface area contributed by atoms with Crippen molar-refractivity contribution in [3.63, 3.8) is 0 Å². The van der Waals surface area contributed by atoms with Crippen molar-refractivity contribution in [1.29, 1.82) is 0 Å². The van der Waals surface area contributed by atoms with Crippen LogP contribution in [0, 0.1) is 6.92 Å². The summed E-state index contributed by atoms with van der Waals surface area (Å²) in [6.45, 7) is 4.92. The van der Waals surface area contributed by atoms with Crippen LogP contribution in [0.4, 0.5) is 0 Å². The van der Waals surface area contributed by atoms with Gasteiger partial charge in [0.25, 0.3) is 5.91 Å². The Kier molecular flexibility index (Phi) is 4.01. The molecule has 1 aliphatic heterocycles. The maximum atomic E-state index is 13.0. The Balaban J connectivity index is 1.60. The molecule has 5 heteroatoms. The Hall–Kier alpha value is -2.66. The molecule has 25 heavy (non-hydrogen) atoms. The van der Waals surface area contributed by atoms with Crippen molar-refractivity contribution in [3.05, 3.63) is 65.5 Å². The van der Waals surface area contributed by atoms with Crippen molar-refractivity contribution in [3.8, 4) is 0 Å². The van der Waals surface area contributed by atoms with Crippen molar-refractivity contribution in [1.82, 2.24) is 9.88 Å². The molecule has 4 rings (SSSR count). The molecule has 1 aromatic carbocycles. The standard InChI is InChI=1S/C20H20N2O3/c1-13-8-9-17-16(21-13)10-18(25-17)20(23)22-11-19(24-12-14(22)2)15-6-4-3-5-7-15/h3-10,14,19H,11-12H2,1-2H3. The molecule has 128 valence electrons. The van der Waals surface area contributed by atoms with Gasteiger partial charge in [0, 0.05) is 11.8 Å². The number of nitrogens with zero attached hydrogens (tertiary/aromatic N) is 2. The zero-order valence-corrected chi connectivity index (χ0v) is 14.3. The van der Waals surface area contributed by atoms with E-state index in [2.05, 4.69) is 4.98 Å². The monoisotopic (exact) mass is 336 g/mol. The number of carbonyl (C=O) groups is 1. The molecule has 1 aliphatic rings. The number of hydrogen-bond acceptors (Lipinski definition) is 4. The van der Waals surface area contributed by atoms with Crippen molar-refractivity contribution >= 4 is 17.0 Å². The highest BCUT2D eigenvalue weighted by atomic mass is 16.5. The third-order valence-electron chi connectivity index (χ3n) is 4.59. The predicted octanol–water partition coefficient (Wildman–Crippen LogP) is 3.74. The van der Waals surface area contributed by atoms with Gasteiger partial charge in [0.05, 0.1) is 19.2 Å². The summed E-state index contributed by atoms with van der Waals surface area (Å²) in [4.78, 5) is 19.2. The Labute approximate surface area is 146 Å². The van der Waals surface area contributed by atoms with Crippen LogP contribution >= 0.6 is 0 Å². The lowest BCUT2D eigenvalue weighted by Gasteiger charge is -2.37. The van der Waals surface area contributed by atoms with Gasteiger partial charge in [0.1, 0.15) is 11.6 Å². The minimum Gasteiger partial charge on any atom is -0.449 e. The fourth-order valence-electron chi connectivity index (χ4n) is 3.18. The molecular formula is C20H20N2O3. The smallest absolute Gasteiger partial charge is 0.290 e.